The lowest BCUT2D eigenvalue weighted by Crippen LogP contribution is -2.82. The molecule has 17 heteroatoms. The number of allylic oxidation sites excluding steroid dienone is 2. The first kappa shape index (κ1) is 47.9. The number of ether oxygens (including phenoxy) is 7. The summed E-state index contributed by atoms with van der Waals surface area (Å²) in [6.45, 7) is 14.6. The lowest BCUT2D eigenvalue weighted by atomic mass is 9.44. The Bertz CT molecular complexity index is 2100. The van der Waals surface area contributed by atoms with E-state index in [1.165, 1.54) is 66.2 Å². The zero-order chi connectivity index (χ0) is 46.4. The molecule has 1 amide bonds. The number of rotatable bonds is 12. The van der Waals surface area contributed by atoms with Gasteiger partial charge in [0.15, 0.2) is 23.6 Å². The molecule has 3 fully saturated rings. The van der Waals surface area contributed by atoms with Crippen LogP contribution < -0.4 is 14.8 Å². The summed E-state index contributed by atoms with van der Waals surface area (Å²) in [5.74, 6) is -6.84. The Labute approximate surface area is 360 Å². The number of Topliss-reactive ketones (excluding diaryl/α,β-unsaturated/α-hetero) is 1. The highest BCUT2D eigenvalue weighted by Crippen LogP contribution is 2.64. The summed E-state index contributed by atoms with van der Waals surface area (Å²) in [5.41, 5.74) is -6.83. The van der Waals surface area contributed by atoms with Crippen molar-refractivity contribution in [2.24, 2.45) is 16.7 Å². The van der Waals surface area contributed by atoms with Gasteiger partial charge in [0.1, 0.15) is 41.0 Å². The van der Waals surface area contributed by atoms with Crippen molar-refractivity contribution in [3.63, 3.8) is 0 Å². The summed E-state index contributed by atoms with van der Waals surface area (Å²) in [4.78, 5) is 83.1. The third-order valence-corrected chi connectivity index (χ3v) is 12.9. The number of aliphatic hydroxyl groups excluding tert-OH is 2. The van der Waals surface area contributed by atoms with E-state index >= 15 is 4.79 Å². The number of carbonyl (C=O) groups is 6. The van der Waals surface area contributed by atoms with Crippen molar-refractivity contribution in [2.75, 3.05) is 20.8 Å². The van der Waals surface area contributed by atoms with Crippen LogP contribution in [0.25, 0.3) is 0 Å². The molecule has 1 aliphatic heterocycles. The molecule has 62 heavy (non-hydrogen) atoms. The van der Waals surface area contributed by atoms with Crippen LogP contribution in [0.4, 0.5) is 0 Å². The van der Waals surface area contributed by atoms with Gasteiger partial charge < -0.3 is 53.8 Å². The van der Waals surface area contributed by atoms with Gasteiger partial charge >= 0.3 is 23.9 Å². The van der Waals surface area contributed by atoms with E-state index in [0.29, 0.717) is 11.1 Å². The zero-order valence-corrected chi connectivity index (χ0v) is 37.3. The molecule has 1 aromatic rings. The molecule has 1 aromatic carbocycles. The quantitative estimate of drug-likeness (QED) is 0.102. The monoisotopic (exact) mass is 869 g/mol. The van der Waals surface area contributed by atoms with Crippen LogP contribution >= 0.6 is 0 Å². The Morgan fingerprint density at radius 3 is 2.13 bits per heavy atom. The Kier molecular flexibility index (Phi) is 13.6. The molecule has 1 saturated heterocycles. The van der Waals surface area contributed by atoms with Gasteiger partial charge in [-0.1, -0.05) is 31.1 Å². The number of fused-ring (bicyclic) bond motifs is 5. The van der Waals surface area contributed by atoms with Gasteiger partial charge in [-0.2, -0.15) is 0 Å². The van der Waals surface area contributed by atoms with Gasteiger partial charge in [0.25, 0.3) is 0 Å². The highest BCUT2D eigenvalue weighted by molar-refractivity contribution is 5.96. The second kappa shape index (κ2) is 17.6. The topological polar surface area (TPSA) is 240 Å². The predicted octanol–water partition coefficient (Wildman–Crippen LogP) is 3.00. The van der Waals surface area contributed by atoms with Crippen LogP contribution in [0.1, 0.15) is 92.4 Å². The van der Waals surface area contributed by atoms with Crippen molar-refractivity contribution in [3.05, 3.63) is 58.2 Å². The number of hydrogen-bond acceptors (Lipinski definition) is 16. The first-order valence-corrected chi connectivity index (χ1v) is 20.4. The summed E-state index contributed by atoms with van der Waals surface area (Å²) in [7, 11) is 2.70. The molecule has 5 rings (SSSR count). The van der Waals surface area contributed by atoms with Crippen molar-refractivity contribution >= 4 is 35.6 Å². The van der Waals surface area contributed by atoms with Crippen molar-refractivity contribution in [1.29, 1.82) is 0 Å². The fourth-order valence-electron chi connectivity index (χ4n) is 9.81. The lowest BCUT2D eigenvalue weighted by Gasteiger charge is -2.67. The maximum absolute atomic E-state index is 15.5. The van der Waals surface area contributed by atoms with E-state index in [4.69, 9.17) is 33.2 Å². The van der Waals surface area contributed by atoms with Crippen LogP contribution in [-0.4, -0.2) is 126 Å². The largest absolute Gasteiger partial charge is 0.497 e. The Balaban J connectivity index is 1.79. The summed E-state index contributed by atoms with van der Waals surface area (Å²) in [6.07, 6.45) is -7.99. The molecule has 0 radical (unpaired) electrons. The molecule has 17 nitrogen and oxygen atoms in total. The number of carbonyl (C=O) groups excluding carboxylic acids is 6. The molecule has 4 N–H and O–H groups in total. The third-order valence-electron chi connectivity index (χ3n) is 12.9. The predicted molar refractivity (Wildman–Crippen MR) is 218 cm³/mol. The van der Waals surface area contributed by atoms with E-state index in [1.54, 1.807) is 33.8 Å². The van der Waals surface area contributed by atoms with E-state index in [2.05, 4.69) is 5.32 Å². The van der Waals surface area contributed by atoms with E-state index < -0.39 is 113 Å². The number of benzene rings is 1. The first-order valence-electron chi connectivity index (χ1n) is 20.4. The summed E-state index contributed by atoms with van der Waals surface area (Å²) in [5, 5.41) is 39.9. The molecule has 340 valence electrons. The molecule has 0 spiro atoms. The number of esters is 4. The summed E-state index contributed by atoms with van der Waals surface area (Å²) >= 11 is 0. The minimum Gasteiger partial charge on any atom is -0.497 e. The van der Waals surface area contributed by atoms with Crippen LogP contribution in [0.3, 0.4) is 0 Å². The zero-order valence-electron chi connectivity index (χ0n) is 37.3. The van der Waals surface area contributed by atoms with Gasteiger partial charge in [-0.3, -0.25) is 19.2 Å². The molecule has 4 aliphatic rings. The molecule has 2 bridgehead atoms. The highest BCUT2D eigenvalue weighted by Gasteiger charge is 2.78. The molecular weight excluding hydrogens is 810 g/mol. The van der Waals surface area contributed by atoms with Gasteiger partial charge in [0.2, 0.25) is 5.91 Å². The van der Waals surface area contributed by atoms with Crippen LogP contribution in [0.5, 0.6) is 11.5 Å². The minimum atomic E-state index is -2.45. The van der Waals surface area contributed by atoms with Crippen LogP contribution in [0.15, 0.2) is 52.6 Å². The van der Waals surface area contributed by atoms with Gasteiger partial charge in [-0.25, -0.2) is 9.59 Å². The Hall–Kier alpha value is -5.10. The third kappa shape index (κ3) is 8.27. The number of nitrogens with one attached hydrogen (secondary N) is 1. The second-order valence-corrected chi connectivity index (χ2v) is 17.8. The van der Waals surface area contributed by atoms with E-state index in [-0.39, 0.29) is 41.2 Å². The second-order valence-electron chi connectivity index (χ2n) is 17.8. The first-order chi connectivity index (χ1) is 28.8. The molecular formula is C45H59NO16. The van der Waals surface area contributed by atoms with Crippen molar-refractivity contribution in [3.8, 4) is 11.5 Å². The standard InChI is InChI=1S/C45H59NO16/c1-21(2)15-28(46-33(50)16-22(3)4)35(51)41(54)60-30-19-45(55)39(61-40(53)27-17-26(56-11)13-14-29(27)57-12)37-43(10,31(49)18-32-44(37,20-58-32)62-25(7)48)38(52)36(59-24(6)47)34(23(30)5)42(45,8)9/h13-17,28,30-32,35-37,39,49,51,55H,18-20H2,1-12H3,(H,46,50)/t28-,30-,31-,32+,35+,36+,37-,39-,43+,44-,45+/m0/s1. The molecule has 0 unspecified atom stereocenters. The fraction of sp³-hybridized carbons (Fsp3) is 0.600. The maximum atomic E-state index is 15.5. The van der Waals surface area contributed by atoms with E-state index in [9.17, 15) is 39.3 Å². The molecule has 1 heterocycles. The Morgan fingerprint density at radius 2 is 1.60 bits per heavy atom. The molecule has 11 atom stereocenters. The van der Waals surface area contributed by atoms with Crippen LogP contribution in [-0.2, 0) is 47.7 Å². The Morgan fingerprint density at radius 1 is 0.935 bits per heavy atom. The average Bonchev–Trinajstić information content (AvgIpc) is 3.17. The summed E-state index contributed by atoms with van der Waals surface area (Å²) < 4.78 is 41.1. The van der Waals surface area contributed by atoms with E-state index in [0.717, 1.165) is 13.8 Å². The van der Waals surface area contributed by atoms with Crippen molar-refractivity contribution in [1.82, 2.24) is 5.32 Å². The molecule has 0 aromatic heterocycles. The minimum absolute atomic E-state index is 0.0307. The van der Waals surface area contributed by atoms with Crippen LogP contribution in [0, 0.1) is 16.7 Å². The fourth-order valence-corrected chi connectivity index (χ4v) is 9.81. The number of ketones is 1. The van der Waals surface area contributed by atoms with Crippen LogP contribution in [0.2, 0.25) is 0 Å². The molecule has 3 aliphatic carbocycles. The maximum Gasteiger partial charge on any atom is 0.342 e. The van der Waals surface area contributed by atoms with Crippen molar-refractivity contribution < 1.29 is 77.2 Å². The van der Waals surface area contributed by atoms with Crippen molar-refractivity contribution in [2.45, 2.75) is 136 Å². The number of aliphatic hydroxyl groups is 3. The van der Waals surface area contributed by atoms with Gasteiger partial charge in [0, 0.05) is 38.2 Å². The normalized spacial score (nSPS) is 31.7. The SMILES string of the molecule is COc1ccc(OC)c(C(=O)O[C@H]2[C@@H]3[C@]4(OC(C)=O)CO[C@@H]4C[C@H](O)[C@@]3(C)C(=O)[C@H](OC(C)=O)C3=C(C)[C@@H](OC(=O)[C@H](O)[C@H](C=C(C)C)NC(=O)C=C(C)C)C[C@]2(O)C3(C)C)c1. The smallest absolute Gasteiger partial charge is 0.342 e. The number of methoxy groups -OCH3 is 2. The lowest BCUT2D eigenvalue weighted by molar-refractivity contribution is -0.346. The number of amides is 1. The number of hydrogen-bond donors (Lipinski definition) is 4. The van der Waals surface area contributed by atoms with Gasteiger partial charge in [-0.15, -0.1) is 0 Å². The molecule has 2 saturated carbocycles. The van der Waals surface area contributed by atoms with E-state index in [1.807, 2.05) is 0 Å². The highest BCUT2D eigenvalue weighted by atomic mass is 16.6. The van der Waals surface area contributed by atoms with Gasteiger partial charge in [-0.05, 0) is 70.9 Å². The average molecular weight is 870 g/mol. The van der Waals surface area contributed by atoms with Gasteiger partial charge in [0.05, 0.1) is 44.3 Å². The summed E-state index contributed by atoms with van der Waals surface area (Å²) in [6, 6.07) is 3.07.